The second kappa shape index (κ2) is 7.59. The zero-order chi connectivity index (χ0) is 25.3. The molecule has 8 nitrogen and oxygen atoms in total. The Bertz CT molecular complexity index is 1370. The first-order chi connectivity index (χ1) is 17.1. The predicted molar refractivity (Wildman–Crippen MR) is 123 cm³/mol. The number of rotatable bonds is 6. The van der Waals surface area contributed by atoms with E-state index >= 15 is 0 Å². The van der Waals surface area contributed by atoms with Crippen molar-refractivity contribution in [1.82, 2.24) is 14.9 Å². The summed E-state index contributed by atoms with van der Waals surface area (Å²) in [4.78, 5) is 12.5. The number of carbonyl (C=O) groups is 1. The molecule has 0 spiro atoms. The Morgan fingerprint density at radius 2 is 1.94 bits per heavy atom. The fourth-order valence-electron chi connectivity index (χ4n) is 5.76. The highest BCUT2D eigenvalue weighted by molar-refractivity contribution is 5.91. The molecule has 0 aliphatic heterocycles. The van der Waals surface area contributed by atoms with Gasteiger partial charge in [-0.05, 0) is 44.1 Å². The van der Waals surface area contributed by atoms with E-state index in [1.165, 1.54) is 6.07 Å². The van der Waals surface area contributed by atoms with Gasteiger partial charge in [0.2, 0.25) is 11.8 Å². The molecule has 11 heteroatoms. The summed E-state index contributed by atoms with van der Waals surface area (Å²) >= 11 is 0. The summed E-state index contributed by atoms with van der Waals surface area (Å²) in [6, 6.07) is 11.0. The van der Waals surface area contributed by atoms with Crippen molar-refractivity contribution in [2.24, 2.45) is 5.41 Å². The summed E-state index contributed by atoms with van der Waals surface area (Å²) in [7, 11) is 0. The number of nitrogens with one attached hydrogen (secondary N) is 1. The third kappa shape index (κ3) is 3.31. The van der Waals surface area contributed by atoms with Crippen LogP contribution in [0.4, 0.5) is 24.9 Å². The lowest BCUT2D eigenvalue weighted by atomic mass is 9.34. The van der Waals surface area contributed by atoms with Gasteiger partial charge >= 0.3 is 6.18 Å². The highest BCUT2D eigenvalue weighted by atomic mass is 19.4. The van der Waals surface area contributed by atoms with Crippen LogP contribution in [0.1, 0.15) is 61.4 Å². The van der Waals surface area contributed by atoms with Crippen LogP contribution in [0.5, 0.6) is 0 Å². The third-order valence-corrected chi connectivity index (χ3v) is 8.02. The largest absolute Gasteiger partial charge is 0.394 e. The molecular formula is C25H23F3N6O2. The Morgan fingerprint density at radius 3 is 2.53 bits per heavy atom. The monoisotopic (exact) mass is 496 g/mol. The van der Waals surface area contributed by atoms with Crippen LogP contribution in [0.15, 0.2) is 34.9 Å². The fraction of sp³-hybridized carbons (Fsp3) is 0.440. The van der Waals surface area contributed by atoms with E-state index < -0.39 is 17.0 Å². The van der Waals surface area contributed by atoms with Crippen molar-refractivity contribution in [3.05, 3.63) is 47.2 Å². The number of benzene rings is 1. The number of alkyl halides is 3. The predicted octanol–water partition coefficient (Wildman–Crippen LogP) is 4.88. The number of carbonyl (C=O) groups excluding carboxylic acids is 1. The third-order valence-electron chi connectivity index (χ3n) is 8.02. The van der Waals surface area contributed by atoms with Gasteiger partial charge in [0.15, 0.2) is 0 Å². The number of nitriles is 1. The van der Waals surface area contributed by atoms with E-state index in [1.54, 1.807) is 28.9 Å². The molecule has 2 aromatic heterocycles. The minimum atomic E-state index is -4.19. The number of aromatic nitrogens is 3. The SMILES string of the molecule is N#Cc1c(-c2ccc(CC(=O)Nc3cc(C45CC(C(F)(F)F)(C4)C5)no3)cc2)nn(C2CCC2)c1N. The van der Waals surface area contributed by atoms with Crippen molar-refractivity contribution in [1.29, 1.82) is 5.26 Å². The van der Waals surface area contributed by atoms with Crippen molar-refractivity contribution in [2.45, 2.75) is 62.6 Å². The molecule has 0 atom stereocenters. The van der Waals surface area contributed by atoms with Gasteiger partial charge in [-0.3, -0.25) is 10.1 Å². The lowest BCUT2D eigenvalue weighted by Gasteiger charge is -2.69. The Labute approximate surface area is 204 Å². The van der Waals surface area contributed by atoms with Gasteiger partial charge in [0.1, 0.15) is 23.1 Å². The second-order valence-electron chi connectivity index (χ2n) is 10.3. The molecule has 0 radical (unpaired) electrons. The molecule has 0 unspecified atom stereocenters. The number of anilines is 2. The summed E-state index contributed by atoms with van der Waals surface area (Å²) < 4.78 is 46.2. The summed E-state index contributed by atoms with van der Waals surface area (Å²) in [6.07, 6.45) is -0.964. The van der Waals surface area contributed by atoms with Gasteiger partial charge in [-0.15, -0.1) is 0 Å². The second-order valence-corrected chi connectivity index (χ2v) is 10.3. The van der Waals surface area contributed by atoms with Gasteiger partial charge in [-0.2, -0.15) is 23.5 Å². The van der Waals surface area contributed by atoms with Crippen LogP contribution in [-0.2, 0) is 16.6 Å². The topological polar surface area (TPSA) is 123 Å². The molecule has 186 valence electrons. The van der Waals surface area contributed by atoms with Gasteiger partial charge < -0.3 is 10.3 Å². The molecule has 2 heterocycles. The van der Waals surface area contributed by atoms with Crippen molar-refractivity contribution < 1.29 is 22.5 Å². The van der Waals surface area contributed by atoms with Crippen molar-refractivity contribution in [3.63, 3.8) is 0 Å². The molecule has 1 amide bonds. The first-order valence-electron chi connectivity index (χ1n) is 11.8. The molecule has 7 rings (SSSR count). The van der Waals surface area contributed by atoms with Gasteiger partial charge in [-0.1, -0.05) is 29.4 Å². The molecule has 2 bridgehead atoms. The number of nitrogen functional groups attached to an aromatic ring is 1. The Hall–Kier alpha value is -3.81. The smallest absolute Gasteiger partial charge is 0.383 e. The van der Waals surface area contributed by atoms with E-state index in [0.29, 0.717) is 22.8 Å². The molecule has 4 aliphatic carbocycles. The number of hydrogen-bond acceptors (Lipinski definition) is 6. The van der Waals surface area contributed by atoms with Crippen LogP contribution in [0, 0.1) is 16.7 Å². The van der Waals surface area contributed by atoms with Gasteiger partial charge in [0.05, 0.1) is 23.6 Å². The quantitative estimate of drug-likeness (QED) is 0.501. The lowest BCUT2D eigenvalue weighted by Crippen LogP contribution is -2.70. The first kappa shape index (κ1) is 22.6. The van der Waals surface area contributed by atoms with Crippen molar-refractivity contribution >= 4 is 17.6 Å². The Kier molecular flexibility index (Phi) is 4.78. The van der Waals surface area contributed by atoms with Crippen molar-refractivity contribution in [2.75, 3.05) is 11.1 Å². The Morgan fingerprint density at radius 1 is 1.25 bits per heavy atom. The molecular weight excluding hydrogens is 473 g/mol. The normalized spacial score (nSPS) is 24.8. The number of nitrogens with two attached hydrogens (primary N) is 1. The van der Waals surface area contributed by atoms with Crippen LogP contribution in [-0.4, -0.2) is 27.0 Å². The van der Waals surface area contributed by atoms with Crippen LogP contribution in [0.25, 0.3) is 11.3 Å². The number of nitrogens with zero attached hydrogens (tertiary/aromatic N) is 4. The molecule has 0 saturated heterocycles. The van der Waals surface area contributed by atoms with Crippen LogP contribution in [0.3, 0.4) is 0 Å². The van der Waals surface area contributed by atoms with E-state index in [2.05, 4.69) is 21.6 Å². The van der Waals surface area contributed by atoms with E-state index in [4.69, 9.17) is 10.3 Å². The summed E-state index contributed by atoms with van der Waals surface area (Å²) in [6.45, 7) is 0. The number of hydrogen-bond donors (Lipinski definition) is 2. The van der Waals surface area contributed by atoms with E-state index in [9.17, 15) is 23.2 Å². The minimum Gasteiger partial charge on any atom is -0.383 e. The molecule has 4 fully saturated rings. The minimum absolute atomic E-state index is 0.0217. The molecule has 1 aromatic carbocycles. The fourth-order valence-corrected chi connectivity index (χ4v) is 5.76. The van der Waals surface area contributed by atoms with Crippen molar-refractivity contribution in [3.8, 4) is 17.3 Å². The lowest BCUT2D eigenvalue weighted by molar-refractivity contribution is -0.338. The van der Waals surface area contributed by atoms with E-state index in [0.717, 1.165) is 30.4 Å². The summed E-state index contributed by atoms with van der Waals surface area (Å²) in [5.41, 5.74) is 6.79. The summed E-state index contributed by atoms with van der Waals surface area (Å²) in [5, 5.41) is 20.7. The first-order valence-corrected chi connectivity index (χ1v) is 11.8. The average Bonchev–Trinajstić information content (AvgIpc) is 3.29. The highest BCUT2D eigenvalue weighted by Gasteiger charge is 2.79. The van der Waals surface area contributed by atoms with E-state index in [-0.39, 0.29) is 43.5 Å². The zero-order valence-electron chi connectivity index (χ0n) is 19.2. The standard InChI is InChI=1S/C25H23F3N6O2/c26-25(27,28)24-11-23(12-24,13-24)18-9-20(36-33-18)31-19(35)8-14-4-6-15(7-5-14)21-17(10-29)22(30)34(32-21)16-2-1-3-16/h4-7,9,16H,1-3,8,11-13,30H2,(H,31,35). The van der Waals surface area contributed by atoms with Crippen LogP contribution in [0.2, 0.25) is 0 Å². The molecule has 3 N–H and O–H groups in total. The van der Waals surface area contributed by atoms with Gasteiger partial charge in [0, 0.05) is 17.0 Å². The highest BCUT2D eigenvalue weighted by Crippen LogP contribution is 2.78. The number of halogens is 3. The molecule has 4 aliphatic rings. The zero-order valence-corrected chi connectivity index (χ0v) is 19.2. The van der Waals surface area contributed by atoms with Crippen LogP contribution >= 0.6 is 0 Å². The van der Waals surface area contributed by atoms with E-state index in [1.807, 2.05) is 0 Å². The average molecular weight is 496 g/mol. The maximum Gasteiger partial charge on any atom is 0.394 e. The van der Waals surface area contributed by atoms with Gasteiger partial charge in [0.25, 0.3) is 0 Å². The number of amides is 1. The Balaban J connectivity index is 1.09. The maximum absolute atomic E-state index is 13.1. The maximum atomic E-state index is 13.1. The molecule has 3 aromatic rings. The molecule has 4 saturated carbocycles. The van der Waals surface area contributed by atoms with Gasteiger partial charge in [-0.25, -0.2) is 4.68 Å². The van der Waals surface area contributed by atoms with Crippen LogP contribution < -0.4 is 11.1 Å². The summed E-state index contributed by atoms with van der Waals surface area (Å²) in [5.74, 6) is 0.152. The molecule has 36 heavy (non-hydrogen) atoms.